The number of hydrogen-bond donors (Lipinski definition) is 2. The summed E-state index contributed by atoms with van der Waals surface area (Å²) in [4.78, 5) is 25.6. The molecule has 1 aliphatic heterocycles. The van der Waals surface area contributed by atoms with Crippen molar-refractivity contribution in [3.05, 3.63) is 18.0 Å². The van der Waals surface area contributed by atoms with Gasteiger partial charge in [0.2, 0.25) is 11.8 Å². The van der Waals surface area contributed by atoms with Crippen molar-refractivity contribution in [2.75, 3.05) is 0 Å². The summed E-state index contributed by atoms with van der Waals surface area (Å²) in [6.45, 7) is 4.51. The summed E-state index contributed by atoms with van der Waals surface area (Å²) in [5, 5.41) is 9.78. The van der Waals surface area contributed by atoms with Crippen molar-refractivity contribution >= 4 is 11.8 Å². The number of likely N-dealkylation sites (tertiary alicyclic amines) is 1. The van der Waals surface area contributed by atoms with Crippen LogP contribution in [0.2, 0.25) is 0 Å². The first-order chi connectivity index (χ1) is 9.17. The van der Waals surface area contributed by atoms with E-state index in [0.717, 1.165) is 18.5 Å². The highest BCUT2D eigenvalue weighted by molar-refractivity contribution is 6.05. The number of imide groups is 1. The van der Waals surface area contributed by atoms with Crippen LogP contribution in [0.5, 0.6) is 0 Å². The van der Waals surface area contributed by atoms with Gasteiger partial charge >= 0.3 is 0 Å². The summed E-state index contributed by atoms with van der Waals surface area (Å²) in [6, 6.07) is 1.46. The van der Waals surface area contributed by atoms with E-state index in [1.807, 2.05) is 19.9 Å². The van der Waals surface area contributed by atoms with Gasteiger partial charge in [0.1, 0.15) is 0 Å². The second-order valence-corrected chi connectivity index (χ2v) is 4.79. The lowest BCUT2D eigenvalue weighted by Crippen LogP contribution is -2.43. The highest BCUT2D eigenvalue weighted by Gasteiger charge is 2.40. The van der Waals surface area contributed by atoms with Gasteiger partial charge in [0.05, 0.1) is 12.5 Å². The van der Waals surface area contributed by atoms with Crippen molar-refractivity contribution in [1.82, 2.24) is 20.4 Å². The Morgan fingerprint density at radius 2 is 2.21 bits per heavy atom. The van der Waals surface area contributed by atoms with Gasteiger partial charge in [-0.1, -0.05) is 13.8 Å². The molecular formula is C13H20N4O2. The monoisotopic (exact) mass is 264 g/mol. The number of H-pyrrole nitrogens is 1. The first kappa shape index (κ1) is 13.7. The Kier molecular flexibility index (Phi) is 4.31. The average molecular weight is 264 g/mol. The lowest BCUT2D eigenvalue weighted by Gasteiger charge is -2.24. The minimum absolute atomic E-state index is 0.0268. The predicted molar refractivity (Wildman–Crippen MR) is 70.1 cm³/mol. The fourth-order valence-electron chi connectivity index (χ4n) is 2.46. The molecule has 0 bridgehead atoms. The zero-order valence-electron chi connectivity index (χ0n) is 11.3. The molecule has 1 aliphatic rings. The minimum atomic E-state index is -0.406. The van der Waals surface area contributed by atoms with E-state index < -0.39 is 6.04 Å². The third kappa shape index (κ3) is 2.84. The molecule has 1 fully saturated rings. The van der Waals surface area contributed by atoms with E-state index in [0.29, 0.717) is 6.54 Å². The van der Waals surface area contributed by atoms with Crippen LogP contribution in [0.3, 0.4) is 0 Å². The van der Waals surface area contributed by atoms with Gasteiger partial charge in [-0.2, -0.15) is 5.10 Å². The fraction of sp³-hybridized carbons (Fsp3) is 0.615. The van der Waals surface area contributed by atoms with Crippen LogP contribution in [-0.4, -0.2) is 39.0 Å². The van der Waals surface area contributed by atoms with Gasteiger partial charge in [0, 0.05) is 24.5 Å². The van der Waals surface area contributed by atoms with Crippen LogP contribution >= 0.6 is 0 Å². The van der Waals surface area contributed by atoms with Crippen molar-refractivity contribution in [3.8, 4) is 0 Å². The molecule has 1 aromatic rings. The number of hydrogen-bond acceptors (Lipinski definition) is 4. The zero-order valence-corrected chi connectivity index (χ0v) is 11.3. The highest BCUT2D eigenvalue weighted by atomic mass is 16.2. The molecule has 6 heteroatoms. The molecular weight excluding hydrogens is 244 g/mol. The lowest BCUT2D eigenvalue weighted by molar-refractivity contribution is -0.141. The lowest BCUT2D eigenvalue weighted by atomic mass is 10.1. The van der Waals surface area contributed by atoms with Gasteiger partial charge in [-0.15, -0.1) is 0 Å². The molecule has 2 amide bonds. The van der Waals surface area contributed by atoms with Gasteiger partial charge in [0.15, 0.2) is 0 Å². The highest BCUT2D eigenvalue weighted by Crippen LogP contribution is 2.20. The van der Waals surface area contributed by atoms with Gasteiger partial charge in [-0.05, 0) is 18.9 Å². The van der Waals surface area contributed by atoms with E-state index in [1.54, 1.807) is 6.20 Å². The molecule has 0 spiro atoms. The predicted octanol–water partition coefficient (Wildman–Crippen LogP) is 0.815. The number of carbonyl (C=O) groups excluding carboxylic acids is 2. The molecule has 2 heterocycles. The Labute approximate surface area is 112 Å². The summed E-state index contributed by atoms with van der Waals surface area (Å²) in [5.74, 6) is -0.168. The molecule has 2 N–H and O–H groups in total. The van der Waals surface area contributed by atoms with Crippen LogP contribution in [0.1, 0.15) is 38.8 Å². The van der Waals surface area contributed by atoms with Crippen LogP contribution in [0.4, 0.5) is 0 Å². The number of aromatic nitrogens is 2. The Balaban J connectivity index is 1.97. The number of nitrogens with zero attached hydrogens (tertiary/aromatic N) is 2. The first-order valence-corrected chi connectivity index (χ1v) is 6.74. The SMILES string of the molecule is CCC(CC)N1C(=O)CC(NCc2ccn[nH]2)C1=O. The second kappa shape index (κ2) is 5.97. The standard InChI is InChI=1S/C13H20N4O2/c1-3-10(4-2)17-12(18)7-11(13(17)19)14-8-9-5-6-15-16-9/h5-6,10-11,14H,3-4,7-8H2,1-2H3,(H,15,16). The Hall–Kier alpha value is -1.69. The number of nitrogens with one attached hydrogen (secondary N) is 2. The Bertz CT molecular complexity index is 440. The quantitative estimate of drug-likeness (QED) is 0.745. The largest absolute Gasteiger partial charge is 0.300 e. The summed E-state index contributed by atoms with van der Waals surface area (Å²) < 4.78 is 0. The van der Waals surface area contributed by atoms with E-state index in [4.69, 9.17) is 0 Å². The van der Waals surface area contributed by atoms with Crippen molar-refractivity contribution in [3.63, 3.8) is 0 Å². The molecule has 104 valence electrons. The normalized spacial score (nSPS) is 19.7. The van der Waals surface area contributed by atoms with Gasteiger partial charge in [0.25, 0.3) is 0 Å². The number of carbonyl (C=O) groups is 2. The molecule has 1 saturated heterocycles. The molecule has 1 aromatic heterocycles. The third-order valence-electron chi connectivity index (χ3n) is 3.59. The smallest absolute Gasteiger partial charge is 0.247 e. The van der Waals surface area contributed by atoms with Crippen LogP contribution in [0.15, 0.2) is 12.3 Å². The average Bonchev–Trinajstić information content (AvgIpc) is 3.00. The summed E-state index contributed by atoms with van der Waals surface area (Å²) in [6.07, 6.45) is 3.53. The molecule has 1 unspecified atom stereocenters. The minimum Gasteiger partial charge on any atom is -0.300 e. The Morgan fingerprint density at radius 3 is 2.79 bits per heavy atom. The number of aromatic amines is 1. The van der Waals surface area contributed by atoms with Gasteiger partial charge in [-0.3, -0.25) is 24.9 Å². The van der Waals surface area contributed by atoms with Crippen molar-refractivity contribution in [1.29, 1.82) is 0 Å². The van der Waals surface area contributed by atoms with E-state index in [-0.39, 0.29) is 24.3 Å². The first-order valence-electron chi connectivity index (χ1n) is 6.74. The molecule has 0 aliphatic carbocycles. The van der Waals surface area contributed by atoms with Crippen molar-refractivity contribution < 1.29 is 9.59 Å². The summed E-state index contributed by atoms with van der Waals surface area (Å²) >= 11 is 0. The van der Waals surface area contributed by atoms with E-state index in [2.05, 4.69) is 15.5 Å². The van der Waals surface area contributed by atoms with Gasteiger partial charge < -0.3 is 0 Å². The van der Waals surface area contributed by atoms with E-state index in [1.165, 1.54) is 4.90 Å². The zero-order chi connectivity index (χ0) is 13.8. The van der Waals surface area contributed by atoms with Crippen molar-refractivity contribution in [2.45, 2.75) is 51.7 Å². The fourth-order valence-corrected chi connectivity index (χ4v) is 2.46. The van der Waals surface area contributed by atoms with Crippen LogP contribution in [0, 0.1) is 0 Å². The Morgan fingerprint density at radius 1 is 1.47 bits per heavy atom. The van der Waals surface area contributed by atoms with Crippen molar-refractivity contribution in [2.24, 2.45) is 0 Å². The molecule has 6 nitrogen and oxygen atoms in total. The van der Waals surface area contributed by atoms with Gasteiger partial charge in [-0.25, -0.2) is 0 Å². The molecule has 1 atom stereocenters. The number of rotatable bonds is 6. The van der Waals surface area contributed by atoms with Crippen LogP contribution in [-0.2, 0) is 16.1 Å². The molecule has 0 saturated carbocycles. The van der Waals surface area contributed by atoms with Crippen LogP contribution in [0.25, 0.3) is 0 Å². The maximum atomic E-state index is 12.3. The summed E-state index contributed by atoms with van der Waals surface area (Å²) in [5.41, 5.74) is 0.904. The van der Waals surface area contributed by atoms with E-state index in [9.17, 15) is 9.59 Å². The molecule has 0 radical (unpaired) electrons. The second-order valence-electron chi connectivity index (χ2n) is 4.79. The maximum Gasteiger partial charge on any atom is 0.247 e. The molecule has 19 heavy (non-hydrogen) atoms. The topological polar surface area (TPSA) is 78.1 Å². The van der Waals surface area contributed by atoms with E-state index >= 15 is 0 Å². The maximum absolute atomic E-state index is 12.3. The summed E-state index contributed by atoms with van der Waals surface area (Å²) in [7, 11) is 0. The number of amides is 2. The molecule has 2 rings (SSSR count). The third-order valence-corrected chi connectivity index (χ3v) is 3.59. The molecule has 0 aromatic carbocycles. The van der Waals surface area contributed by atoms with Crippen LogP contribution < -0.4 is 5.32 Å².